The zero-order valence-electron chi connectivity index (χ0n) is 16.8. The van der Waals surface area contributed by atoms with Crippen molar-refractivity contribution in [3.05, 3.63) is 35.9 Å². The number of nitrogens with zero attached hydrogens (tertiary/aromatic N) is 2. The van der Waals surface area contributed by atoms with Crippen LogP contribution in [0.25, 0.3) is 0 Å². The minimum atomic E-state index is -0.489. The molecule has 1 aromatic rings. The second-order valence-electron chi connectivity index (χ2n) is 7.35. The van der Waals surface area contributed by atoms with Crippen molar-refractivity contribution in [2.45, 2.75) is 32.4 Å². The Morgan fingerprint density at radius 3 is 2.32 bits per heavy atom. The van der Waals surface area contributed by atoms with E-state index in [1.165, 1.54) is 0 Å². The molecule has 1 aliphatic heterocycles. The second kappa shape index (κ2) is 11.1. The van der Waals surface area contributed by atoms with Crippen LogP contribution in [0, 0.1) is 0 Å². The van der Waals surface area contributed by atoms with Gasteiger partial charge in [-0.1, -0.05) is 18.2 Å². The lowest BCUT2D eigenvalue weighted by Crippen LogP contribution is -2.63. The highest BCUT2D eigenvalue weighted by atomic mass is 127. The fourth-order valence-corrected chi connectivity index (χ4v) is 2.48. The summed E-state index contributed by atoms with van der Waals surface area (Å²) in [7, 11) is 1.68. The normalized spacial score (nSPS) is 14.4. The van der Waals surface area contributed by atoms with Crippen molar-refractivity contribution in [3.8, 4) is 0 Å². The predicted octanol–water partition coefficient (Wildman–Crippen LogP) is 1.82. The third-order valence-electron chi connectivity index (χ3n) is 3.84. The maximum atomic E-state index is 12.0. The van der Waals surface area contributed by atoms with Crippen molar-refractivity contribution in [3.63, 3.8) is 0 Å². The Kier molecular flexibility index (Phi) is 9.50. The van der Waals surface area contributed by atoms with Crippen LogP contribution in [-0.2, 0) is 4.74 Å². The van der Waals surface area contributed by atoms with Crippen molar-refractivity contribution in [2.75, 3.05) is 33.2 Å². The molecule has 3 N–H and O–H groups in total. The van der Waals surface area contributed by atoms with Crippen LogP contribution < -0.4 is 16.0 Å². The molecule has 0 aliphatic carbocycles. The molecule has 0 radical (unpaired) electrons. The largest absolute Gasteiger partial charge is 0.444 e. The van der Waals surface area contributed by atoms with E-state index in [9.17, 15) is 9.59 Å². The van der Waals surface area contributed by atoms with Crippen LogP contribution in [0.1, 0.15) is 31.1 Å². The Bertz CT molecular complexity index is 670. The number of benzene rings is 1. The smallest absolute Gasteiger partial charge is 0.410 e. The molecule has 0 spiro atoms. The molecule has 28 heavy (non-hydrogen) atoms. The van der Waals surface area contributed by atoms with Crippen LogP contribution in [0.5, 0.6) is 0 Å². The van der Waals surface area contributed by atoms with Gasteiger partial charge in [0.15, 0.2) is 5.96 Å². The van der Waals surface area contributed by atoms with E-state index < -0.39 is 5.60 Å². The number of carbonyl (C=O) groups excluding carboxylic acids is 2. The van der Waals surface area contributed by atoms with Crippen LogP contribution in [0.4, 0.5) is 4.79 Å². The predicted molar refractivity (Wildman–Crippen MR) is 120 cm³/mol. The molecular weight excluding hydrogens is 473 g/mol. The van der Waals surface area contributed by atoms with E-state index >= 15 is 0 Å². The molecule has 0 aromatic heterocycles. The number of amides is 2. The summed E-state index contributed by atoms with van der Waals surface area (Å²) in [4.78, 5) is 29.7. The highest BCUT2D eigenvalue weighted by Gasteiger charge is 2.34. The van der Waals surface area contributed by atoms with Gasteiger partial charge in [-0.2, -0.15) is 0 Å². The maximum absolute atomic E-state index is 12.0. The number of guanidine groups is 1. The zero-order chi connectivity index (χ0) is 19.9. The summed E-state index contributed by atoms with van der Waals surface area (Å²) in [5, 5.41) is 9.24. The number of hydrogen-bond acceptors (Lipinski definition) is 4. The van der Waals surface area contributed by atoms with E-state index in [2.05, 4.69) is 20.9 Å². The number of aliphatic imine (C=N–C) groups is 1. The Morgan fingerprint density at radius 1 is 1.14 bits per heavy atom. The summed E-state index contributed by atoms with van der Waals surface area (Å²) in [5.74, 6) is 0.533. The Labute approximate surface area is 183 Å². The third kappa shape index (κ3) is 7.91. The minimum Gasteiger partial charge on any atom is -0.444 e. The van der Waals surface area contributed by atoms with Crippen molar-refractivity contribution in [1.29, 1.82) is 0 Å². The second-order valence-corrected chi connectivity index (χ2v) is 7.35. The molecule has 0 unspecified atom stereocenters. The van der Waals surface area contributed by atoms with E-state index in [4.69, 9.17) is 4.74 Å². The Morgan fingerprint density at radius 2 is 1.75 bits per heavy atom. The summed E-state index contributed by atoms with van der Waals surface area (Å²) in [6, 6.07) is 9.21. The lowest BCUT2D eigenvalue weighted by Gasteiger charge is -2.40. The van der Waals surface area contributed by atoms with Gasteiger partial charge in [-0.15, -0.1) is 24.0 Å². The molecule has 156 valence electrons. The topological polar surface area (TPSA) is 95.1 Å². The van der Waals surface area contributed by atoms with Gasteiger partial charge in [-0.25, -0.2) is 4.79 Å². The van der Waals surface area contributed by atoms with Gasteiger partial charge in [0.25, 0.3) is 5.91 Å². The minimum absolute atomic E-state index is 0. The molecule has 1 aromatic carbocycles. The average molecular weight is 503 g/mol. The Hall–Kier alpha value is -2.04. The van der Waals surface area contributed by atoms with E-state index in [-0.39, 0.29) is 42.0 Å². The first-order chi connectivity index (χ1) is 12.8. The average Bonchev–Trinajstić information content (AvgIpc) is 2.58. The maximum Gasteiger partial charge on any atom is 0.410 e. The summed E-state index contributed by atoms with van der Waals surface area (Å²) in [6.45, 7) is 7.71. The lowest BCUT2D eigenvalue weighted by molar-refractivity contribution is 0.00701. The first kappa shape index (κ1) is 24.0. The van der Waals surface area contributed by atoms with Crippen LogP contribution in [0.2, 0.25) is 0 Å². The van der Waals surface area contributed by atoms with Gasteiger partial charge in [0.2, 0.25) is 0 Å². The molecule has 0 atom stereocenters. The molecule has 2 rings (SSSR count). The summed E-state index contributed by atoms with van der Waals surface area (Å²) in [5.41, 5.74) is 0.147. The van der Waals surface area contributed by atoms with Gasteiger partial charge in [0.05, 0.1) is 6.04 Å². The van der Waals surface area contributed by atoms with E-state index in [1.807, 2.05) is 39.0 Å². The summed E-state index contributed by atoms with van der Waals surface area (Å²) >= 11 is 0. The fourth-order valence-electron chi connectivity index (χ4n) is 2.48. The van der Waals surface area contributed by atoms with Crippen molar-refractivity contribution in [2.24, 2.45) is 4.99 Å². The van der Waals surface area contributed by atoms with Crippen LogP contribution >= 0.6 is 24.0 Å². The van der Waals surface area contributed by atoms with Crippen molar-refractivity contribution < 1.29 is 14.3 Å². The molecule has 8 nitrogen and oxygen atoms in total. The monoisotopic (exact) mass is 503 g/mol. The first-order valence-corrected chi connectivity index (χ1v) is 9.07. The number of hydrogen-bond donors (Lipinski definition) is 3. The van der Waals surface area contributed by atoms with Gasteiger partial charge in [-0.3, -0.25) is 9.79 Å². The molecule has 1 heterocycles. The quantitative estimate of drug-likeness (QED) is 0.247. The van der Waals surface area contributed by atoms with Crippen molar-refractivity contribution >= 4 is 41.9 Å². The van der Waals surface area contributed by atoms with Crippen molar-refractivity contribution in [1.82, 2.24) is 20.9 Å². The number of rotatable bonds is 5. The fraction of sp³-hybridized carbons (Fsp3) is 0.526. The van der Waals surface area contributed by atoms with E-state index in [1.54, 1.807) is 24.1 Å². The highest BCUT2D eigenvalue weighted by Crippen LogP contribution is 2.15. The van der Waals surface area contributed by atoms with Crippen LogP contribution in [-0.4, -0.2) is 67.7 Å². The highest BCUT2D eigenvalue weighted by molar-refractivity contribution is 14.0. The summed E-state index contributed by atoms with van der Waals surface area (Å²) in [6.07, 6.45) is -0.299. The first-order valence-electron chi connectivity index (χ1n) is 9.07. The molecular formula is C19H30IN5O3. The van der Waals surface area contributed by atoms with Gasteiger partial charge in [-0.05, 0) is 32.9 Å². The third-order valence-corrected chi connectivity index (χ3v) is 3.84. The van der Waals surface area contributed by atoms with Gasteiger partial charge < -0.3 is 25.6 Å². The number of carbonyl (C=O) groups is 2. The number of likely N-dealkylation sites (tertiary alicyclic amines) is 1. The standard InChI is InChI=1S/C19H29N5O3.HI/c1-19(2,3)27-18(26)24-12-15(13-24)23-17(20-4)22-11-10-21-16(25)14-8-6-5-7-9-14;/h5-9,15H,10-13H2,1-4H3,(H,21,25)(H2,20,22,23);1H. The molecule has 1 fully saturated rings. The lowest BCUT2D eigenvalue weighted by atomic mass is 10.1. The number of halogens is 1. The molecule has 9 heteroatoms. The number of nitrogens with one attached hydrogen (secondary N) is 3. The molecule has 0 saturated carbocycles. The Balaban J connectivity index is 0.00000392. The van der Waals surface area contributed by atoms with E-state index in [0.717, 1.165) is 0 Å². The summed E-state index contributed by atoms with van der Waals surface area (Å²) < 4.78 is 5.33. The van der Waals surface area contributed by atoms with Crippen LogP contribution in [0.15, 0.2) is 35.3 Å². The van der Waals surface area contributed by atoms with Gasteiger partial charge in [0.1, 0.15) is 5.60 Å². The molecule has 0 bridgehead atoms. The zero-order valence-corrected chi connectivity index (χ0v) is 19.2. The number of ether oxygens (including phenoxy) is 1. The molecule has 1 aliphatic rings. The van der Waals surface area contributed by atoms with Crippen LogP contribution in [0.3, 0.4) is 0 Å². The van der Waals surface area contributed by atoms with E-state index in [0.29, 0.717) is 37.7 Å². The molecule has 2 amide bonds. The molecule has 1 saturated heterocycles. The van der Waals surface area contributed by atoms with Gasteiger partial charge in [0, 0.05) is 38.8 Å². The van der Waals surface area contributed by atoms with Gasteiger partial charge >= 0.3 is 6.09 Å². The SMILES string of the molecule is CN=C(NCCNC(=O)c1ccccc1)NC1CN(C(=O)OC(C)(C)C)C1.I.